The average molecular weight is 786 g/mol. The maximum Gasteiger partial charge on any atom is 0.411 e. The molecule has 2 saturated carbocycles. The predicted octanol–water partition coefficient (Wildman–Crippen LogP) is 8.16. The van der Waals surface area contributed by atoms with Crippen molar-refractivity contribution in [3.05, 3.63) is 78.2 Å². The third-order valence-corrected chi connectivity index (χ3v) is 13.1. The smallest absolute Gasteiger partial charge is 0.411 e. The molecule has 4 unspecified atom stereocenters. The molecule has 1 spiro atoms. The summed E-state index contributed by atoms with van der Waals surface area (Å²) < 4.78 is 10.6. The number of carbonyl (C=O) groups excluding carboxylic acids is 3. The molecule has 3 amide bonds. The zero-order valence-corrected chi connectivity index (χ0v) is 34.4. The number of ether oxygens (including phenoxy) is 2. The van der Waals surface area contributed by atoms with Crippen LogP contribution in [0.1, 0.15) is 96.6 Å². The maximum absolute atomic E-state index is 13.9. The van der Waals surface area contributed by atoms with Crippen molar-refractivity contribution in [2.45, 2.75) is 109 Å². The fourth-order valence-corrected chi connectivity index (χ4v) is 9.85. The molecule has 3 aliphatic heterocycles. The molecule has 4 fully saturated rings. The van der Waals surface area contributed by atoms with Gasteiger partial charge in [0.25, 0.3) is 0 Å². The number of imidazole rings is 1. The van der Waals surface area contributed by atoms with E-state index in [1.165, 1.54) is 12.7 Å². The Morgan fingerprint density at radius 2 is 1.66 bits per heavy atom. The van der Waals surface area contributed by atoms with E-state index in [1.54, 1.807) is 0 Å². The van der Waals surface area contributed by atoms with Crippen molar-refractivity contribution in [2.24, 2.45) is 22.2 Å². The Bertz CT molecular complexity index is 2270. The highest BCUT2D eigenvalue weighted by molar-refractivity contribution is 5.93. The molecular weight excluding hydrogens is 731 g/mol. The van der Waals surface area contributed by atoms with Crippen LogP contribution in [0.4, 0.5) is 9.59 Å². The summed E-state index contributed by atoms with van der Waals surface area (Å²) in [5, 5.41) is 8.71. The van der Waals surface area contributed by atoms with Crippen LogP contribution in [0, 0.1) is 17.3 Å². The zero-order valence-electron chi connectivity index (χ0n) is 34.4. The van der Waals surface area contributed by atoms with Gasteiger partial charge in [0.1, 0.15) is 23.3 Å². The highest BCUT2D eigenvalue weighted by Gasteiger charge is 2.55. The van der Waals surface area contributed by atoms with Gasteiger partial charge in [-0.2, -0.15) is 0 Å². The van der Waals surface area contributed by atoms with E-state index in [9.17, 15) is 14.4 Å². The fraction of sp³-hybridized carbons (Fsp3) is 0.500. The number of rotatable bonds is 8. The van der Waals surface area contributed by atoms with Gasteiger partial charge < -0.3 is 30.0 Å². The van der Waals surface area contributed by atoms with E-state index in [4.69, 9.17) is 19.5 Å². The topological polar surface area (TPSA) is 141 Å². The number of likely N-dealkylation sites (tertiary alicyclic amines) is 2. The predicted molar refractivity (Wildman–Crippen MR) is 223 cm³/mol. The number of amides is 3. The van der Waals surface area contributed by atoms with E-state index in [1.807, 2.05) is 50.6 Å². The van der Waals surface area contributed by atoms with Gasteiger partial charge in [0.2, 0.25) is 5.91 Å². The van der Waals surface area contributed by atoms with Crippen LogP contribution < -0.4 is 10.6 Å². The van der Waals surface area contributed by atoms with Crippen molar-refractivity contribution >= 4 is 34.7 Å². The number of aromatic nitrogens is 2. The molecule has 1 aromatic heterocycles. The highest BCUT2D eigenvalue weighted by atomic mass is 16.6. The number of aromatic amines is 1. The Balaban J connectivity index is 0.870. The van der Waals surface area contributed by atoms with Crippen LogP contribution in [0.2, 0.25) is 0 Å². The van der Waals surface area contributed by atoms with Crippen LogP contribution in [-0.2, 0) is 14.3 Å². The molecule has 12 heteroatoms. The normalized spacial score (nSPS) is 24.9. The summed E-state index contributed by atoms with van der Waals surface area (Å²) in [6.45, 7) is 10.9. The van der Waals surface area contributed by atoms with Gasteiger partial charge in [0.05, 0.1) is 43.7 Å². The third kappa shape index (κ3) is 7.19. The Labute approximate surface area is 340 Å². The number of alkyl carbamates (subject to hydrolysis) is 1. The molecule has 2 saturated heterocycles. The van der Waals surface area contributed by atoms with Crippen LogP contribution >= 0.6 is 0 Å². The number of aliphatic imine (C=N–C) groups is 1. The highest BCUT2D eigenvalue weighted by Crippen LogP contribution is 2.58. The lowest BCUT2D eigenvalue weighted by Gasteiger charge is -2.36. The number of piperidine rings is 1. The monoisotopic (exact) mass is 785 g/mol. The van der Waals surface area contributed by atoms with Gasteiger partial charge in [-0.05, 0) is 116 Å². The summed E-state index contributed by atoms with van der Waals surface area (Å²) in [7, 11) is 1.31. The number of carbonyl (C=O) groups is 3. The van der Waals surface area contributed by atoms with E-state index >= 15 is 0 Å². The van der Waals surface area contributed by atoms with E-state index in [0.29, 0.717) is 19.0 Å². The summed E-state index contributed by atoms with van der Waals surface area (Å²) in [6.07, 6.45) is 7.25. The Morgan fingerprint density at radius 3 is 2.34 bits per heavy atom. The first-order valence-corrected chi connectivity index (χ1v) is 20.9. The lowest BCUT2D eigenvalue weighted by atomic mass is 9.96. The lowest BCUT2D eigenvalue weighted by Crippen LogP contribution is -2.53. The number of fused-ring (bicyclic) bond motifs is 3. The van der Waals surface area contributed by atoms with Crippen molar-refractivity contribution in [3.8, 4) is 22.4 Å². The van der Waals surface area contributed by atoms with Gasteiger partial charge in [-0.3, -0.25) is 14.7 Å². The number of nitrogens with zero attached hydrogens (tertiary/aromatic N) is 4. The second-order valence-electron chi connectivity index (χ2n) is 18.6. The number of methoxy groups -OCH3 is 1. The van der Waals surface area contributed by atoms with E-state index < -0.39 is 17.7 Å². The molecule has 5 aliphatic rings. The Kier molecular flexibility index (Phi) is 9.51. The minimum atomic E-state index is -0.675. The van der Waals surface area contributed by atoms with Gasteiger partial charge in [-0.15, -0.1) is 0 Å². The Hall–Kier alpha value is -5.39. The minimum absolute atomic E-state index is 0.0460. The Morgan fingerprint density at radius 1 is 0.948 bits per heavy atom. The largest absolute Gasteiger partial charge is 0.453 e. The summed E-state index contributed by atoms with van der Waals surface area (Å²) in [4.78, 5) is 56.5. The van der Waals surface area contributed by atoms with Crippen LogP contribution in [-0.4, -0.2) is 87.6 Å². The van der Waals surface area contributed by atoms with Crippen LogP contribution in [0.25, 0.3) is 33.2 Å². The summed E-state index contributed by atoms with van der Waals surface area (Å²) in [5.74, 6) is 1.92. The average Bonchev–Trinajstić information content (AvgIpc) is 3.83. The third-order valence-electron chi connectivity index (χ3n) is 13.1. The fourth-order valence-electron chi connectivity index (χ4n) is 9.85. The van der Waals surface area contributed by atoms with Crippen LogP contribution in [0.5, 0.6) is 0 Å². The quantitative estimate of drug-likeness (QED) is 0.164. The summed E-state index contributed by atoms with van der Waals surface area (Å²) in [6, 6.07) is 21.1. The SMILES string of the molecule is COC(=O)N[C@H](C(=O)N1CC2(CC2)C[C@H]1c1ncc(-c2ccc3cc(-c4ccc(C5CN=C(C6C7CCC(C7)N6C(=O)OC(C)(C)C)N5)cc4)ccc3c2)[nH]1)C(C)C. The van der Waals surface area contributed by atoms with Gasteiger partial charge in [-0.1, -0.05) is 62.4 Å². The number of benzene rings is 3. The molecule has 12 nitrogen and oxygen atoms in total. The molecule has 4 heterocycles. The molecule has 304 valence electrons. The number of hydrogen-bond acceptors (Lipinski definition) is 8. The summed E-state index contributed by atoms with van der Waals surface area (Å²) in [5.41, 5.74) is 4.98. The number of hydrogen-bond donors (Lipinski definition) is 3. The minimum Gasteiger partial charge on any atom is -0.453 e. The second kappa shape index (κ2) is 14.5. The van der Waals surface area contributed by atoms with Gasteiger partial charge in [0.15, 0.2) is 0 Å². The molecule has 0 radical (unpaired) electrons. The van der Waals surface area contributed by atoms with E-state index in [2.05, 4.69) is 76.3 Å². The number of H-pyrrole nitrogens is 1. The molecule has 2 aliphatic carbocycles. The lowest BCUT2D eigenvalue weighted by molar-refractivity contribution is -0.135. The van der Waals surface area contributed by atoms with Crippen molar-refractivity contribution in [1.82, 2.24) is 30.4 Å². The van der Waals surface area contributed by atoms with Gasteiger partial charge in [-0.25, -0.2) is 14.6 Å². The standard InChI is InChI=1S/C46H55N7O5/c1-26(2)38(51-43(55)57-6)42(54)52-25-46(17-18-46)22-37(52)40-47-24-36(49-40)32-14-13-30-19-29(11-12-31(30)20-32)27-7-9-28(10-8-27)35-23-48-41(50-35)39-33-15-16-34(21-33)53(39)44(56)58-45(3,4)5/h7-14,19-20,24,26,33-35,37-39H,15-18,21-23,25H2,1-6H3,(H,47,49)(H,48,50)(H,51,55)/t33?,34?,35?,37-,38-,39?/m0/s1. The maximum atomic E-state index is 13.9. The first-order chi connectivity index (χ1) is 27.8. The van der Waals surface area contributed by atoms with Gasteiger partial charge in [0, 0.05) is 18.2 Å². The number of nitrogens with one attached hydrogen (secondary N) is 3. The molecule has 6 atom stereocenters. The first-order valence-electron chi connectivity index (χ1n) is 20.9. The van der Waals surface area contributed by atoms with Crippen molar-refractivity contribution in [3.63, 3.8) is 0 Å². The molecule has 3 aromatic carbocycles. The van der Waals surface area contributed by atoms with Crippen molar-refractivity contribution < 1.29 is 23.9 Å². The zero-order chi connectivity index (χ0) is 40.5. The number of amidine groups is 1. The van der Waals surface area contributed by atoms with Crippen molar-refractivity contribution in [1.29, 1.82) is 0 Å². The van der Waals surface area contributed by atoms with Crippen LogP contribution in [0.3, 0.4) is 0 Å². The summed E-state index contributed by atoms with van der Waals surface area (Å²) >= 11 is 0. The molecule has 4 aromatic rings. The molecule has 9 rings (SSSR count). The van der Waals surface area contributed by atoms with E-state index in [0.717, 1.165) is 83.3 Å². The molecular formula is C46H55N7O5. The van der Waals surface area contributed by atoms with Gasteiger partial charge >= 0.3 is 12.2 Å². The molecule has 3 N–H and O–H groups in total. The van der Waals surface area contributed by atoms with Crippen LogP contribution in [0.15, 0.2) is 71.9 Å². The second-order valence-corrected chi connectivity index (χ2v) is 18.6. The van der Waals surface area contributed by atoms with E-state index in [-0.39, 0.29) is 47.5 Å². The molecule has 58 heavy (non-hydrogen) atoms. The molecule has 2 bridgehead atoms. The van der Waals surface area contributed by atoms with Crippen molar-refractivity contribution in [2.75, 3.05) is 20.2 Å². The first kappa shape index (κ1) is 38.1.